The quantitative estimate of drug-likeness (QED) is 0.709. The molecule has 128 valence electrons. The fraction of sp³-hybridized carbons (Fsp3) is 0.294. The number of amides is 1. The highest BCUT2D eigenvalue weighted by molar-refractivity contribution is 9.10. The Morgan fingerprint density at radius 2 is 2.12 bits per heavy atom. The van der Waals surface area contributed by atoms with Gasteiger partial charge in [0.15, 0.2) is 11.5 Å². The van der Waals surface area contributed by atoms with Crippen molar-refractivity contribution < 1.29 is 9.32 Å². The molecule has 8 heteroatoms. The predicted octanol–water partition coefficient (Wildman–Crippen LogP) is 3.13. The smallest absolute Gasteiger partial charge is 0.274 e. The fourth-order valence-corrected chi connectivity index (χ4v) is 2.96. The lowest BCUT2D eigenvalue weighted by Gasteiger charge is -2.07. The molecule has 4 rings (SSSR count). The number of aryl methyl sites for hydroxylation is 1. The summed E-state index contributed by atoms with van der Waals surface area (Å²) in [5.74, 6) is 0.686. The summed E-state index contributed by atoms with van der Waals surface area (Å²) in [5.41, 5.74) is 2.92. The zero-order valence-electron chi connectivity index (χ0n) is 13.6. The Bertz CT molecular complexity index is 912. The molecule has 25 heavy (non-hydrogen) atoms. The second-order valence-corrected chi connectivity index (χ2v) is 7.02. The second-order valence-electron chi connectivity index (χ2n) is 6.10. The van der Waals surface area contributed by atoms with Crippen LogP contribution in [0.1, 0.15) is 46.4 Å². The lowest BCUT2D eigenvalue weighted by molar-refractivity contribution is 0.0941. The van der Waals surface area contributed by atoms with E-state index in [1.165, 1.54) is 0 Å². The van der Waals surface area contributed by atoms with Crippen molar-refractivity contribution in [3.8, 4) is 5.69 Å². The largest absolute Gasteiger partial charge is 0.359 e. The molecule has 0 bridgehead atoms. The highest BCUT2D eigenvalue weighted by Crippen LogP contribution is 2.42. The van der Waals surface area contributed by atoms with Crippen LogP contribution in [0.25, 0.3) is 5.69 Å². The van der Waals surface area contributed by atoms with Crippen LogP contribution < -0.4 is 5.32 Å². The van der Waals surface area contributed by atoms with E-state index >= 15 is 0 Å². The highest BCUT2D eigenvalue weighted by atomic mass is 79.9. The average Bonchev–Trinajstić information content (AvgIpc) is 3.21. The van der Waals surface area contributed by atoms with E-state index in [0.717, 1.165) is 34.4 Å². The molecule has 1 aliphatic rings. The lowest BCUT2D eigenvalue weighted by atomic mass is 10.2. The van der Waals surface area contributed by atoms with Crippen LogP contribution in [0.4, 0.5) is 0 Å². The molecule has 1 aromatic carbocycles. The topological polar surface area (TPSA) is 85.8 Å². The zero-order valence-corrected chi connectivity index (χ0v) is 15.2. The van der Waals surface area contributed by atoms with Gasteiger partial charge in [-0.1, -0.05) is 26.3 Å². The summed E-state index contributed by atoms with van der Waals surface area (Å²) in [7, 11) is 0. The van der Waals surface area contributed by atoms with E-state index in [9.17, 15) is 4.79 Å². The number of aromatic nitrogens is 4. The maximum absolute atomic E-state index is 12.6. The standard InChI is InChI=1S/C17H16BrN5O2/c1-10-8-14(25-21-10)9-19-17(24)15-16(11-2-3-11)23(22-20-15)13-6-4-12(18)5-7-13/h4-8,11H,2-3,9H2,1H3,(H,19,24). The van der Waals surface area contributed by atoms with Crippen molar-refractivity contribution in [1.82, 2.24) is 25.5 Å². The monoisotopic (exact) mass is 401 g/mol. The van der Waals surface area contributed by atoms with E-state index in [-0.39, 0.29) is 12.5 Å². The number of carbonyl (C=O) groups is 1. The van der Waals surface area contributed by atoms with Gasteiger partial charge in [-0.25, -0.2) is 4.68 Å². The molecule has 2 heterocycles. The molecule has 1 aliphatic carbocycles. The number of nitrogens with one attached hydrogen (secondary N) is 1. The molecule has 1 saturated carbocycles. The Kier molecular flexibility index (Phi) is 4.12. The molecule has 1 fully saturated rings. The molecule has 1 N–H and O–H groups in total. The van der Waals surface area contributed by atoms with Crippen molar-refractivity contribution in [3.05, 3.63) is 57.6 Å². The molecule has 0 unspecified atom stereocenters. The average molecular weight is 402 g/mol. The number of rotatable bonds is 5. The SMILES string of the molecule is Cc1cc(CNC(=O)c2nnn(-c3ccc(Br)cc3)c2C2CC2)on1. The van der Waals surface area contributed by atoms with Gasteiger partial charge in [0.05, 0.1) is 23.6 Å². The third-order valence-corrected chi connectivity index (χ3v) is 4.58. The number of carbonyl (C=O) groups excluding carboxylic acids is 1. The van der Waals surface area contributed by atoms with Gasteiger partial charge in [-0.2, -0.15) is 0 Å². The number of hydrogen-bond acceptors (Lipinski definition) is 5. The number of benzene rings is 1. The minimum Gasteiger partial charge on any atom is -0.359 e. The number of nitrogens with zero attached hydrogens (tertiary/aromatic N) is 4. The van der Waals surface area contributed by atoms with Gasteiger partial charge < -0.3 is 9.84 Å². The molecule has 0 saturated heterocycles. The molecule has 1 amide bonds. The van der Waals surface area contributed by atoms with Gasteiger partial charge in [0.1, 0.15) is 0 Å². The van der Waals surface area contributed by atoms with Crippen molar-refractivity contribution in [2.45, 2.75) is 32.2 Å². The van der Waals surface area contributed by atoms with Crippen LogP contribution in [0.2, 0.25) is 0 Å². The maximum atomic E-state index is 12.6. The number of hydrogen-bond donors (Lipinski definition) is 1. The van der Waals surface area contributed by atoms with Crippen molar-refractivity contribution in [1.29, 1.82) is 0 Å². The normalized spacial score (nSPS) is 13.8. The summed E-state index contributed by atoms with van der Waals surface area (Å²) in [4.78, 5) is 12.6. The summed E-state index contributed by atoms with van der Waals surface area (Å²) in [6, 6.07) is 9.58. The Hall–Kier alpha value is -2.48. The summed E-state index contributed by atoms with van der Waals surface area (Å²) in [6.07, 6.45) is 2.09. The van der Waals surface area contributed by atoms with Crippen LogP contribution in [0.15, 0.2) is 39.3 Å². The van der Waals surface area contributed by atoms with Crippen LogP contribution in [0.5, 0.6) is 0 Å². The first kappa shape index (κ1) is 16.0. The van der Waals surface area contributed by atoms with Crippen LogP contribution in [0, 0.1) is 6.92 Å². The Labute approximate surface area is 152 Å². The van der Waals surface area contributed by atoms with E-state index < -0.39 is 0 Å². The van der Waals surface area contributed by atoms with E-state index in [2.05, 4.69) is 36.7 Å². The molecule has 3 aromatic rings. The highest BCUT2D eigenvalue weighted by Gasteiger charge is 2.34. The summed E-state index contributed by atoms with van der Waals surface area (Å²) >= 11 is 3.43. The molecular formula is C17H16BrN5O2. The minimum atomic E-state index is -0.251. The van der Waals surface area contributed by atoms with E-state index in [1.807, 2.05) is 31.2 Å². The van der Waals surface area contributed by atoms with Crippen LogP contribution in [0.3, 0.4) is 0 Å². The molecule has 7 nitrogen and oxygen atoms in total. The predicted molar refractivity (Wildman–Crippen MR) is 93.4 cm³/mol. The van der Waals surface area contributed by atoms with Crippen LogP contribution in [-0.4, -0.2) is 26.1 Å². The van der Waals surface area contributed by atoms with Gasteiger partial charge >= 0.3 is 0 Å². The van der Waals surface area contributed by atoms with E-state index in [1.54, 1.807) is 10.7 Å². The Morgan fingerprint density at radius 1 is 1.36 bits per heavy atom. The zero-order chi connectivity index (χ0) is 17.4. The maximum Gasteiger partial charge on any atom is 0.274 e. The first-order chi connectivity index (χ1) is 12.1. The van der Waals surface area contributed by atoms with Crippen LogP contribution in [-0.2, 0) is 6.54 Å². The lowest BCUT2D eigenvalue weighted by Crippen LogP contribution is -2.24. The van der Waals surface area contributed by atoms with Crippen LogP contribution >= 0.6 is 15.9 Å². The van der Waals surface area contributed by atoms with Gasteiger partial charge in [-0.3, -0.25) is 4.79 Å². The summed E-state index contributed by atoms with van der Waals surface area (Å²) in [5, 5.41) is 15.0. The summed E-state index contributed by atoms with van der Waals surface area (Å²) < 4.78 is 7.87. The minimum absolute atomic E-state index is 0.251. The second kappa shape index (κ2) is 6.44. The molecule has 0 radical (unpaired) electrons. The first-order valence-electron chi connectivity index (χ1n) is 8.04. The van der Waals surface area contributed by atoms with Gasteiger partial charge in [0.25, 0.3) is 5.91 Å². The number of halogens is 1. The molecule has 2 aromatic heterocycles. The van der Waals surface area contributed by atoms with Crippen molar-refractivity contribution in [3.63, 3.8) is 0 Å². The fourth-order valence-electron chi connectivity index (χ4n) is 2.70. The summed E-state index contributed by atoms with van der Waals surface area (Å²) in [6.45, 7) is 2.11. The Balaban J connectivity index is 1.59. The molecule has 0 spiro atoms. The third-order valence-electron chi connectivity index (χ3n) is 4.06. The van der Waals surface area contributed by atoms with Gasteiger partial charge in [0.2, 0.25) is 0 Å². The van der Waals surface area contributed by atoms with Crippen molar-refractivity contribution in [2.24, 2.45) is 0 Å². The van der Waals surface area contributed by atoms with E-state index in [4.69, 9.17) is 4.52 Å². The van der Waals surface area contributed by atoms with Gasteiger partial charge in [-0.05, 0) is 44.0 Å². The first-order valence-corrected chi connectivity index (χ1v) is 8.83. The molecular weight excluding hydrogens is 386 g/mol. The third kappa shape index (κ3) is 3.34. The van der Waals surface area contributed by atoms with Gasteiger partial charge in [-0.15, -0.1) is 5.10 Å². The van der Waals surface area contributed by atoms with Gasteiger partial charge in [0, 0.05) is 16.5 Å². The van der Waals surface area contributed by atoms with E-state index in [0.29, 0.717) is 17.4 Å². The van der Waals surface area contributed by atoms with Crippen molar-refractivity contribution in [2.75, 3.05) is 0 Å². The Morgan fingerprint density at radius 3 is 2.76 bits per heavy atom. The molecule has 0 aliphatic heterocycles. The molecule has 0 atom stereocenters. The van der Waals surface area contributed by atoms with Crippen molar-refractivity contribution >= 4 is 21.8 Å².